The molecule has 0 spiro atoms. The molecule has 0 bridgehead atoms. The van der Waals surface area contributed by atoms with Crippen molar-refractivity contribution in [3.63, 3.8) is 0 Å². The molecule has 0 atom stereocenters. The highest BCUT2D eigenvalue weighted by Crippen LogP contribution is 2.35. The molecule has 1 aromatic heterocycles. The molecule has 4 rings (SSSR count). The van der Waals surface area contributed by atoms with E-state index in [1.54, 1.807) is 36.7 Å². The van der Waals surface area contributed by atoms with Gasteiger partial charge >= 0.3 is 0 Å². The average molecular weight is 390 g/mol. The summed E-state index contributed by atoms with van der Waals surface area (Å²) in [5.74, 6) is 2.46. The van der Waals surface area contributed by atoms with Crippen molar-refractivity contribution in [3.05, 3.63) is 89.7 Å². The van der Waals surface area contributed by atoms with Crippen LogP contribution in [-0.2, 0) is 11.2 Å². The number of aldehydes is 1. The zero-order chi connectivity index (χ0) is 19.3. The third-order valence-corrected chi connectivity index (χ3v) is 4.49. The monoisotopic (exact) mass is 389 g/mol. The summed E-state index contributed by atoms with van der Waals surface area (Å²) in [6.45, 7) is 0. The summed E-state index contributed by atoms with van der Waals surface area (Å²) in [7, 11) is 0. The van der Waals surface area contributed by atoms with Crippen LogP contribution in [0.4, 0.5) is 0 Å². The van der Waals surface area contributed by atoms with Crippen molar-refractivity contribution < 1.29 is 14.3 Å². The Morgan fingerprint density at radius 2 is 1.64 bits per heavy atom. The van der Waals surface area contributed by atoms with Crippen LogP contribution in [0.2, 0.25) is 5.02 Å². The lowest BCUT2D eigenvalue weighted by Gasteiger charge is -2.11. The number of rotatable bonds is 6. The van der Waals surface area contributed by atoms with Crippen molar-refractivity contribution in [2.45, 2.75) is 6.42 Å². The number of halogens is 1. The van der Waals surface area contributed by atoms with E-state index >= 15 is 0 Å². The molecule has 0 saturated heterocycles. The molecular weight excluding hydrogens is 374 g/mol. The number of fused-ring (bicyclic) bond motifs is 1. The zero-order valence-electron chi connectivity index (χ0n) is 14.8. The van der Waals surface area contributed by atoms with Crippen LogP contribution in [-0.4, -0.2) is 11.3 Å². The second-order valence-corrected chi connectivity index (χ2v) is 6.61. The van der Waals surface area contributed by atoms with Crippen LogP contribution in [0, 0.1) is 0 Å². The number of aromatic nitrogens is 1. The molecule has 0 fully saturated rings. The number of carbonyl (C=O) groups is 1. The third-order valence-electron chi connectivity index (χ3n) is 4.20. The van der Waals surface area contributed by atoms with E-state index in [9.17, 15) is 4.79 Å². The molecule has 0 aliphatic carbocycles. The van der Waals surface area contributed by atoms with Gasteiger partial charge in [-0.1, -0.05) is 35.9 Å². The molecule has 4 nitrogen and oxygen atoms in total. The van der Waals surface area contributed by atoms with E-state index in [0.717, 1.165) is 22.6 Å². The minimum Gasteiger partial charge on any atom is -0.456 e. The van der Waals surface area contributed by atoms with Gasteiger partial charge in [0.25, 0.3) is 0 Å². The van der Waals surface area contributed by atoms with E-state index in [1.165, 1.54) is 0 Å². The third kappa shape index (κ3) is 4.13. The summed E-state index contributed by atoms with van der Waals surface area (Å²) in [6, 6.07) is 20.6. The first-order chi connectivity index (χ1) is 13.7. The van der Waals surface area contributed by atoms with Crippen molar-refractivity contribution >= 4 is 28.7 Å². The maximum absolute atomic E-state index is 10.7. The van der Waals surface area contributed by atoms with Crippen LogP contribution in [0.25, 0.3) is 10.8 Å². The lowest BCUT2D eigenvalue weighted by Crippen LogP contribution is -1.89. The summed E-state index contributed by atoms with van der Waals surface area (Å²) in [5, 5.41) is 2.53. The van der Waals surface area contributed by atoms with E-state index in [2.05, 4.69) is 4.98 Å². The van der Waals surface area contributed by atoms with Crippen molar-refractivity contribution in [3.8, 4) is 23.0 Å². The van der Waals surface area contributed by atoms with E-state index < -0.39 is 0 Å². The van der Waals surface area contributed by atoms with Crippen LogP contribution in [0.3, 0.4) is 0 Å². The molecule has 3 aromatic carbocycles. The molecule has 0 aliphatic rings. The molecule has 0 saturated carbocycles. The Bertz CT molecular complexity index is 1130. The Kier molecular flexibility index (Phi) is 5.22. The van der Waals surface area contributed by atoms with Crippen molar-refractivity contribution in [2.75, 3.05) is 0 Å². The molecule has 5 heteroatoms. The smallest absolute Gasteiger partial charge is 0.146 e. The summed E-state index contributed by atoms with van der Waals surface area (Å²) in [5.41, 5.74) is 0.989. The van der Waals surface area contributed by atoms with Gasteiger partial charge in [-0.25, -0.2) is 0 Å². The maximum atomic E-state index is 10.7. The highest BCUT2D eigenvalue weighted by Gasteiger charge is 2.07. The van der Waals surface area contributed by atoms with E-state index in [-0.39, 0.29) is 0 Å². The van der Waals surface area contributed by atoms with Crippen LogP contribution in [0.5, 0.6) is 23.0 Å². The Hall–Kier alpha value is -3.37. The zero-order valence-corrected chi connectivity index (χ0v) is 15.6. The number of hydrogen-bond donors (Lipinski definition) is 0. The highest BCUT2D eigenvalue weighted by atomic mass is 35.5. The van der Waals surface area contributed by atoms with Crippen LogP contribution < -0.4 is 9.47 Å². The van der Waals surface area contributed by atoms with Gasteiger partial charge in [-0.3, -0.25) is 4.98 Å². The molecule has 0 radical (unpaired) electrons. The number of pyridine rings is 1. The number of benzene rings is 3. The Labute approximate surface area is 167 Å². The Balaban J connectivity index is 1.53. The molecular formula is C23H16ClNO3. The summed E-state index contributed by atoms with van der Waals surface area (Å²) in [6.07, 6.45) is 4.64. The molecule has 28 heavy (non-hydrogen) atoms. The predicted octanol–water partition coefficient (Wildman–Crippen LogP) is 6.21. The topological polar surface area (TPSA) is 48.4 Å². The van der Waals surface area contributed by atoms with Gasteiger partial charge in [0, 0.05) is 18.7 Å². The number of ether oxygens (including phenoxy) is 2. The first-order valence-electron chi connectivity index (χ1n) is 8.73. The minimum absolute atomic E-state index is 0.414. The second kappa shape index (κ2) is 8.11. The molecule has 138 valence electrons. The number of carbonyl (C=O) groups excluding carboxylic acids is 1. The fourth-order valence-electron chi connectivity index (χ4n) is 2.86. The summed E-state index contributed by atoms with van der Waals surface area (Å²) >= 11 is 6.37. The van der Waals surface area contributed by atoms with E-state index in [4.69, 9.17) is 21.1 Å². The van der Waals surface area contributed by atoms with Gasteiger partial charge in [0.2, 0.25) is 0 Å². The highest BCUT2D eigenvalue weighted by molar-refractivity contribution is 6.32. The first-order valence-corrected chi connectivity index (χ1v) is 9.11. The molecule has 0 aliphatic heterocycles. The lowest BCUT2D eigenvalue weighted by atomic mass is 10.1. The lowest BCUT2D eigenvalue weighted by molar-refractivity contribution is -0.107. The minimum atomic E-state index is 0.414. The fourth-order valence-corrected chi connectivity index (χ4v) is 3.07. The normalized spacial score (nSPS) is 10.6. The quantitative estimate of drug-likeness (QED) is 0.367. The standard InChI is InChI=1S/C23H16ClNO3/c24-22-14-20(27-21-2-1-10-25-15-21)7-8-23(22)28-19-6-5-17-12-16(9-11-26)3-4-18(17)13-19/h1-8,10-15H,9H2. The van der Waals surface area contributed by atoms with Gasteiger partial charge in [-0.05, 0) is 52.7 Å². The fraction of sp³-hybridized carbons (Fsp3) is 0.0435. The summed E-state index contributed by atoms with van der Waals surface area (Å²) < 4.78 is 11.7. The van der Waals surface area contributed by atoms with Gasteiger partial charge in [0.1, 0.15) is 29.3 Å². The van der Waals surface area contributed by atoms with Gasteiger partial charge in [0.15, 0.2) is 0 Å². The van der Waals surface area contributed by atoms with Gasteiger partial charge in [0.05, 0.1) is 11.2 Å². The van der Waals surface area contributed by atoms with Crippen molar-refractivity contribution in [2.24, 2.45) is 0 Å². The molecule has 1 heterocycles. The van der Waals surface area contributed by atoms with Gasteiger partial charge in [-0.15, -0.1) is 0 Å². The number of hydrogen-bond acceptors (Lipinski definition) is 4. The van der Waals surface area contributed by atoms with E-state index in [0.29, 0.717) is 34.4 Å². The van der Waals surface area contributed by atoms with Gasteiger partial charge < -0.3 is 14.3 Å². The molecule has 0 unspecified atom stereocenters. The molecule has 4 aromatic rings. The number of nitrogens with zero attached hydrogens (tertiary/aromatic N) is 1. The Morgan fingerprint density at radius 3 is 2.43 bits per heavy atom. The first kappa shape index (κ1) is 18.0. The maximum Gasteiger partial charge on any atom is 0.146 e. The average Bonchev–Trinajstić information content (AvgIpc) is 2.71. The Morgan fingerprint density at radius 1 is 0.857 bits per heavy atom. The molecule has 0 N–H and O–H groups in total. The van der Waals surface area contributed by atoms with Crippen LogP contribution in [0.1, 0.15) is 5.56 Å². The van der Waals surface area contributed by atoms with Crippen LogP contribution >= 0.6 is 11.6 Å². The van der Waals surface area contributed by atoms with Gasteiger partial charge in [-0.2, -0.15) is 0 Å². The van der Waals surface area contributed by atoms with Crippen molar-refractivity contribution in [1.82, 2.24) is 4.98 Å². The largest absolute Gasteiger partial charge is 0.456 e. The predicted molar refractivity (Wildman–Crippen MR) is 110 cm³/mol. The summed E-state index contributed by atoms with van der Waals surface area (Å²) in [4.78, 5) is 14.7. The van der Waals surface area contributed by atoms with E-state index in [1.807, 2.05) is 42.5 Å². The second-order valence-electron chi connectivity index (χ2n) is 6.20. The molecule has 0 amide bonds. The van der Waals surface area contributed by atoms with Crippen molar-refractivity contribution in [1.29, 1.82) is 0 Å². The SMILES string of the molecule is O=CCc1ccc2cc(Oc3ccc(Oc4cccnc4)cc3Cl)ccc2c1. The van der Waals surface area contributed by atoms with Crippen LogP contribution in [0.15, 0.2) is 79.1 Å².